The molecule has 0 unspecified atom stereocenters. The van der Waals surface area contributed by atoms with E-state index in [1.807, 2.05) is 19.9 Å². The maximum absolute atomic E-state index is 12.5. The summed E-state index contributed by atoms with van der Waals surface area (Å²) in [6.07, 6.45) is 5.31. The van der Waals surface area contributed by atoms with Crippen LogP contribution in [0, 0.1) is 13.8 Å². The van der Waals surface area contributed by atoms with Gasteiger partial charge in [-0.15, -0.1) is 0 Å². The summed E-state index contributed by atoms with van der Waals surface area (Å²) < 4.78 is 14.4. The summed E-state index contributed by atoms with van der Waals surface area (Å²) in [6, 6.07) is 1.85. The van der Waals surface area contributed by atoms with Crippen molar-refractivity contribution in [3.63, 3.8) is 0 Å². The average Bonchev–Trinajstić information content (AvgIpc) is 3.30. The lowest BCUT2D eigenvalue weighted by molar-refractivity contribution is 0.0474. The highest BCUT2D eigenvalue weighted by atomic mass is 16.5. The van der Waals surface area contributed by atoms with Crippen molar-refractivity contribution in [2.24, 2.45) is 7.05 Å². The number of nitrogens with zero attached hydrogens (tertiary/aromatic N) is 3. The van der Waals surface area contributed by atoms with E-state index in [0.29, 0.717) is 11.1 Å². The molecule has 0 aromatic carbocycles. The molecule has 1 atom stereocenters. The van der Waals surface area contributed by atoms with Gasteiger partial charge in [0.25, 0.3) is 0 Å². The van der Waals surface area contributed by atoms with Gasteiger partial charge >= 0.3 is 5.97 Å². The molecular formula is C18H23N3O4. The molecule has 1 aliphatic heterocycles. The van der Waals surface area contributed by atoms with E-state index >= 15 is 0 Å². The highest BCUT2D eigenvalue weighted by Gasteiger charge is 2.22. The van der Waals surface area contributed by atoms with Crippen LogP contribution in [0.25, 0.3) is 0 Å². The van der Waals surface area contributed by atoms with E-state index in [-0.39, 0.29) is 18.5 Å². The van der Waals surface area contributed by atoms with Crippen LogP contribution < -0.4 is 0 Å². The molecule has 1 aliphatic rings. The van der Waals surface area contributed by atoms with E-state index in [1.165, 1.54) is 10.9 Å². The van der Waals surface area contributed by atoms with Gasteiger partial charge in [0.2, 0.25) is 5.78 Å². The van der Waals surface area contributed by atoms with Crippen molar-refractivity contribution in [2.75, 3.05) is 13.2 Å². The molecule has 0 spiro atoms. The van der Waals surface area contributed by atoms with Gasteiger partial charge in [0, 0.05) is 43.3 Å². The van der Waals surface area contributed by atoms with Crippen molar-refractivity contribution in [3.8, 4) is 0 Å². The van der Waals surface area contributed by atoms with Gasteiger partial charge in [-0.2, -0.15) is 5.10 Å². The van der Waals surface area contributed by atoms with Crippen LogP contribution in [0.3, 0.4) is 0 Å². The number of ether oxygens (including phenoxy) is 2. The summed E-state index contributed by atoms with van der Waals surface area (Å²) >= 11 is 0. The largest absolute Gasteiger partial charge is 0.454 e. The number of carbonyl (C=O) groups excluding carboxylic acids is 2. The van der Waals surface area contributed by atoms with Crippen molar-refractivity contribution in [3.05, 3.63) is 41.0 Å². The van der Waals surface area contributed by atoms with Gasteiger partial charge in [-0.3, -0.25) is 9.48 Å². The molecule has 7 heteroatoms. The molecule has 0 radical (unpaired) electrons. The van der Waals surface area contributed by atoms with Crippen LogP contribution >= 0.6 is 0 Å². The number of hydrogen-bond acceptors (Lipinski definition) is 5. The number of hydrogen-bond donors (Lipinski definition) is 0. The van der Waals surface area contributed by atoms with Gasteiger partial charge in [-0.25, -0.2) is 4.79 Å². The molecule has 3 rings (SSSR count). The minimum absolute atomic E-state index is 0.205. The van der Waals surface area contributed by atoms with Gasteiger partial charge in [0.15, 0.2) is 6.61 Å². The number of Topliss-reactive ketones (excluding diaryl/α,β-unsaturated/α-hetero) is 1. The Labute approximate surface area is 146 Å². The van der Waals surface area contributed by atoms with Gasteiger partial charge in [-0.1, -0.05) is 0 Å². The number of aromatic nitrogens is 3. The van der Waals surface area contributed by atoms with Gasteiger partial charge < -0.3 is 14.0 Å². The van der Waals surface area contributed by atoms with Crippen molar-refractivity contribution in [1.82, 2.24) is 14.3 Å². The zero-order valence-electron chi connectivity index (χ0n) is 14.8. The maximum Gasteiger partial charge on any atom is 0.341 e. The Balaban J connectivity index is 1.64. The van der Waals surface area contributed by atoms with Crippen LogP contribution in [0.15, 0.2) is 18.5 Å². The van der Waals surface area contributed by atoms with Crippen molar-refractivity contribution < 1.29 is 19.1 Å². The Bertz CT molecular complexity index is 784. The lowest BCUT2D eigenvalue weighted by Gasteiger charge is -2.14. The number of rotatable bonds is 6. The van der Waals surface area contributed by atoms with Gasteiger partial charge in [0.1, 0.15) is 0 Å². The summed E-state index contributed by atoms with van der Waals surface area (Å²) in [7, 11) is 1.71. The summed E-state index contributed by atoms with van der Waals surface area (Å²) in [6.45, 7) is 5.16. The van der Waals surface area contributed by atoms with E-state index in [4.69, 9.17) is 9.47 Å². The molecule has 1 saturated heterocycles. The highest BCUT2D eigenvalue weighted by Crippen LogP contribution is 2.20. The van der Waals surface area contributed by atoms with Crippen LogP contribution in [-0.2, 0) is 23.1 Å². The van der Waals surface area contributed by atoms with E-state index in [1.54, 1.807) is 13.2 Å². The first-order chi connectivity index (χ1) is 12.0. The van der Waals surface area contributed by atoms with E-state index in [0.717, 1.165) is 37.4 Å². The number of carbonyl (C=O) groups is 2. The van der Waals surface area contributed by atoms with Crippen LogP contribution in [-0.4, -0.2) is 45.4 Å². The van der Waals surface area contributed by atoms with Crippen LogP contribution in [0.5, 0.6) is 0 Å². The quantitative estimate of drug-likeness (QED) is 0.592. The molecular weight excluding hydrogens is 322 g/mol. The fourth-order valence-corrected chi connectivity index (χ4v) is 3.18. The standard InChI is InChI=1S/C18H23N3O4/c1-12-7-16(13(2)21(12)10-15-5-4-6-24-15)17(22)11-25-18(23)14-8-19-20(3)9-14/h7-9,15H,4-6,10-11H2,1-3H3/t15-/m0/s1. The lowest BCUT2D eigenvalue weighted by Crippen LogP contribution is -2.18. The lowest BCUT2D eigenvalue weighted by atomic mass is 10.1. The topological polar surface area (TPSA) is 75.4 Å². The molecule has 2 aromatic rings. The summed E-state index contributed by atoms with van der Waals surface area (Å²) in [4.78, 5) is 24.4. The number of aryl methyl sites for hydroxylation is 2. The molecule has 0 bridgehead atoms. The van der Waals surface area contributed by atoms with Gasteiger partial charge in [0.05, 0.1) is 17.9 Å². The van der Waals surface area contributed by atoms with Crippen molar-refractivity contribution >= 4 is 11.8 Å². The molecule has 0 saturated carbocycles. The Kier molecular flexibility index (Phi) is 5.03. The Morgan fingerprint density at radius 2 is 2.20 bits per heavy atom. The SMILES string of the molecule is Cc1cc(C(=O)COC(=O)c2cnn(C)c2)c(C)n1C[C@@H]1CCCO1. The first-order valence-corrected chi connectivity index (χ1v) is 8.43. The molecule has 0 N–H and O–H groups in total. The molecule has 7 nitrogen and oxygen atoms in total. The molecule has 0 amide bonds. The predicted octanol–water partition coefficient (Wildman–Crippen LogP) is 2.06. The highest BCUT2D eigenvalue weighted by molar-refractivity contribution is 6.00. The second-order valence-electron chi connectivity index (χ2n) is 6.43. The monoisotopic (exact) mass is 345 g/mol. The van der Waals surface area contributed by atoms with E-state index in [9.17, 15) is 9.59 Å². The number of esters is 1. The summed E-state index contributed by atoms with van der Waals surface area (Å²) in [5, 5.41) is 3.92. The smallest absolute Gasteiger partial charge is 0.341 e. The van der Waals surface area contributed by atoms with E-state index in [2.05, 4.69) is 9.67 Å². The molecule has 0 aliphatic carbocycles. The Morgan fingerprint density at radius 1 is 1.40 bits per heavy atom. The molecule has 134 valence electrons. The fraction of sp³-hybridized carbons (Fsp3) is 0.500. The third-order valence-electron chi connectivity index (χ3n) is 4.56. The van der Waals surface area contributed by atoms with Crippen LogP contribution in [0.4, 0.5) is 0 Å². The summed E-state index contributed by atoms with van der Waals surface area (Å²) in [5.74, 6) is -0.751. The van der Waals surface area contributed by atoms with Crippen LogP contribution in [0.1, 0.15) is 44.9 Å². The Hall–Kier alpha value is -2.41. The third kappa shape index (κ3) is 3.82. The van der Waals surface area contributed by atoms with Crippen molar-refractivity contribution in [1.29, 1.82) is 0 Å². The minimum Gasteiger partial charge on any atom is -0.454 e. The average molecular weight is 345 g/mol. The second kappa shape index (κ2) is 7.23. The summed E-state index contributed by atoms with van der Waals surface area (Å²) in [5.41, 5.74) is 2.82. The zero-order valence-corrected chi connectivity index (χ0v) is 14.8. The van der Waals surface area contributed by atoms with Crippen molar-refractivity contribution in [2.45, 2.75) is 39.3 Å². The van der Waals surface area contributed by atoms with Gasteiger partial charge in [-0.05, 0) is 32.8 Å². The Morgan fingerprint density at radius 3 is 2.84 bits per heavy atom. The predicted molar refractivity (Wildman–Crippen MR) is 90.7 cm³/mol. The third-order valence-corrected chi connectivity index (χ3v) is 4.56. The van der Waals surface area contributed by atoms with Crippen LogP contribution in [0.2, 0.25) is 0 Å². The normalized spacial score (nSPS) is 17.0. The first kappa shape index (κ1) is 17.4. The maximum atomic E-state index is 12.5. The molecule has 1 fully saturated rings. The second-order valence-corrected chi connectivity index (χ2v) is 6.43. The number of ketones is 1. The molecule has 2 aromatic heterocycles. The molecule has 25 heavy (non-hydrogen) atoms. The molecule has 3 heterocycles. The first-order valence-electron chi connectivity index (χ1n) is 8.43. The fourth-order valence-electron chi connectivity index (χ4n) is 3.18. The zero-order chi connectivity index (χ0) is 18.0. The van der Waals surface area contributed by atoms with E-state index < -0.39 is 5.97 Å². The minimum atomic E-state index is -0.547.